The fourth-order valence-electron chi connectivity index (χ4n) is 3.46. The van der Waals surface area contributed by atoms with E-state index in [0.29, 0.717) is 0 Å². The van der Waals surface area contributed by atoms with E-state index < -0.39 is 0 Å². The van der Waals surface area contributed by atoms with Crippen molar-refractivity contribution in [3.8, 4) is 0 Å². The van der Waals surface area contributed by atoms with Crippen LogP contribution in [0.3, 0.4) is 0 Å². The summed E-state index contributed by atoms with van der Waals surface area (Å²) in [5, 5.41) is 1.37. The summed E-state index contributed by atoms with van der Waals surface area (Å²) in [6, 6.07) is 15.1. The Bertz CT molecular complexity index is 1030. The van der Waals surface area contributed by atoms with Gasteiger partial charge in [-0.1, -0.05) is 29.5 Å². The molecule has 0 aliphatic carbocycles. The van der Waals surface area contributed by atoms with E-state index in [0.717, 1.165) is 31.0 Å². The zero-order valence-electron chi connectivity index (χ0n) is 14.4. The Morgan fingerprint density at radius 1 is 1.00 bits per heavy atom. The molecule has 0 bridgehead atoms. The van der Waals surface area contributed by atoms with Gasteiger partial charge in [0.25, 0.3) is 5.52 Å². The van der Waals surface area contributed by atoms with E-state index in [9.17, 15) is 0 Å². The second-order valence-corrected chi connectivity index (χ2v) is 7.39. The molecule has 0 amide bonds. The predicted octanol–water partition coefficient (Wildman–Crippen LogP) is 4.10. The van der Waals surface area contributed by atoms with Crippen molar-refractivity contribution in [2.24, 2.45) is 0 Å². The Morgan fingerprint density at radius 2 is 1.83 bits per heavy atom. The fraction of sp³-hybridized carbons (Fsp3) is 0.300. The van der Waals surface area contributed by atoms with Crippen molar-refractivity contribution < 1.29 is 13.6 Å². The van der Waals surface area contributed by atoms with Crippen LogP contribution >= 0.6 is 11.3 Å². The minimum Gasteiger partial charge on any atom is -0.402 e. The summed E-state index contributed by atoms with van der Waals surface area (Å²) in [6.07, 6.45) is 1.00. The SMILES string of the molecule is CC[n+]1c(C)sc2ccc(CC[n+]3c(C)oc4ccccc43)cc21. The van der Waals surface area contributed by atoms with Gasteiger partial charge in [-0.15, -0.1) is 0 Å². The highest BCUT2D eigenvalue weighted by Crippen LogP contribution is 2.21. The molecule has 0 spiro atoms. The molecular formula is C20H22N2OS+2. The first-order valence-corrected chi connectivity index (χ1v) is 9.29. The van der Waals surface area contributed by atoms with E-state index in [1.165, 1.54) is 26.3 Å². The maximum atomic E-state index is 5.86. The summed E-state index contributed by atoms with van der Waals surface area (Å²) < 4.78 is 11.9. The third kappa shape index (κ3) is 2.51. The summed E-state index contributed by atoms with van der Waals surface area (Å²) in [7, 11) is 0. The average molecular weight is 338 g/mol. The molecule has 4 rings (SSSR count). The molecule has 24 heavy (non-hydrogen) atoms. The molecule has 0 fully saturated rings. The van der Waals surface area contributed by atoms with Crippen molar-refractivity contribution in [2.75, 3.05) is 0 Å². The Kier molecular flexibility index (Phi) is 3.85. The lowest BCUT2D eigenvalue weighted by molar-refractivity contribution is -0.682. The molecule has 4 heteroatoms. The largest absolute Gasteiger partial charge is 0.402 e. The molecule has 2 aromatic heterocycles. The van der Waals surface area contributed by atoms with Crippen molar-refractivity contribution in [1.29, 1.82) is 0 Å². The lowest BCUT2D eigenvalue weighted by atomic mass is 10.1. The zero-order chi connectivity index (χ0) is 16.7. The molecule has 0 saturated heterocycles. The van der Waals surface area contributed by atoms with Gasteiger partial charge in [0.05, 0.1) is 6.92 Å². The normalized spacial score (nSPS) is 11.6. The molecule has 2 aromatic carbocycles. The molecule has 4 aromatic rings. The van der Waals surface area contributed by atoms with Crippen molar-refractivity contribution in [2.45, 2.75) is 40.3 Å². The number of benzene rings is 2. The first-order valence-electron chi connectivity index (χ1n) is 8.47. The Labute approximate surface area is 145 Å². The molecule has 0 saturated carbocycles. The van der Waals surface area contributed by atoms with E-state index >= 15 is 0 Å². The van der Waals surface area contributed by atoms with Gasteiger partial charge in [-0.05, 0) is 24.6 Å². The van der Waals surface area contributed by atoms with Crippen LogP contribution in [0.25, 0.3) is 21.3 Å². The molecule has 0 radical (unpaired) electrons. The number of hydrogen-bond acceptors (Lipinski definition) is 2. The molecule has 2 heterocycles. The zero-order valence-corrected chi connectivity index (χ0v) is 15.2. The third-order valence-corrected chi connectivity index (χ3v) is 5.77. The van der Waals surface area contributed by atoms with Crippen molar-refractivity contribution in [3.05, 3.63) is 58.9 Å². The summed E-state index contributed by atoms with van der Waals surface area (Å²) in [5.74, 6) is 0.965. The van der Waals surface area contributed by atoms with Crippen LogP contribution in [-0.4, -0.2) is 0 Å². The van der Waals surface area contributed by atoms with Crippen LogP contribution in [0.1, 0.15) is 23.4 Å². The molecular weight excluding hydrogens is 316 g/mol. The van der Waals surface area contributed by atoms with E-state index in [-0.39, 0.29) is 0 Å². The van der Waals surface area contributed by atoms with Crippen LogP contribution in [-0.2, 0) is 19.5 Å². The molecule has 0 aliphatic rings. The third-order valence-electron chi connectivity index (χ3n) is 4.69. The standard InChI is InChI=1S/C20H22N2OS/c1-4-21-15(3)24-20-10-9-16(13-18(20)21)11-12-22-14(2)23-19-8-6-5-7-17(19)22/h5-10,13H,4,11-12H2,1-3H3/q+2. The van der Waals surface area contributed by atoms with Gasteiger partial charge >= 0.3 is 5.89 Å². The summed E-state index contributed by atoms with van der Waals surface area (Å²) in [5.41, 5.74) is 4.87. The molecule has 122 valence electrons. The maximum absolute atomic E-state index is 5.86. The highest BCUT2D eigenvalue weighted by molar-refractivity contribution is 7.18. The maximum Gasteiger partial charge on any atom is 0.344 e. The summed E-state index contributed by atoms with van der Waals surface area (Å²) in [6.45, 7) is 8.41. The summed E-state index contributed by atoms with van der Waals surface area (Å²) >= 11 is 1.87. The molecule has 0 unspecified atom stereocenters. The second-order valence-electron chi connectivity index (χ2n) is 6.16. The van der Waals surface area contributed by atoms with Crippen LogP contribution in [0.4, 0.5) is 0 Å². The number of fused-ring (bicyclic) bond motifs is 2. The number of aromatic nitrogens is 2. The van der Waals surface area contributed by atoms with Crippen molar-refractivity contribution in [3.63, 3.8) is 0 Å². The highest BCUT2D eigenvalue weighted by Gasteiger charge is 2.19. The Morgan fingerprint density at radius 3 is 2.67 bits per heavy atom. The molecule has 0 aliphatic heterocycles. The van der Waals surface area contributed by atoms with Gasteiger partial charge in [-0.3, -0.25) is 0 Å². The Balaban J connectivity index is 1.65. The topological polar surface area (TPSA) is 20.9 Å². The van der Waals surface area contributed by atoms with E-state index in [1.807, 2.05) is 30.4 Å². The minimum atomic E-state index is 0.934. The predicted molar refractivity (Wildman–Crippen MR) is 97.3 cm³/mol. The van der Waals surface area contributed by atoms with Crippen molar-refractivity contribution >= 4 is 32.7 Å². The number of para-hydroxylation sites is 2. The van der Waals surface area contributed by atoms with Gasteiger partial charge in [0, 0.05) is 25.5 Å². The lowest BCUT2D eigenvalue weighted by Gasteiger charge is -1.99. The van der Waals surface area contributed by atoms with Crippen LogP contribution in [0, 0.1) is 13.8 Å². The van der Waals surface area contributed by atoms with Crippen LogP contribution in [0.2, 0.25) is 0 Å². The van der Waals surface area contributed by atoms with Gasteiger partial charge < -0.3 is 4.42 Å². The van der Waals surface area contributed by atoms with E-state index in [4.69, 9.17) is 4.42 Å². The number of thiazole rings is 1. The molecule has 0 atom stereocenters. The smallest absolute Gasteiger partial charge is 0.344 e. The average Bonchev–Trinajstić information content (AvgIpc) is 3.07. The number of oxazole rings is 1. The fourth-order valence-corrected chi connectivity index (χ4v) is 4.53. The number of aryl methyl sites for hydroxylation is 5. The van der Waals surface area contributed by atoms with Gasteiger partial charge in [0.1, 0.15) is 11.2 Å². The quantitative estimate of drug-likeness (QED) is 0.513. The van der Waals surface area contributed by atoms with Crippen LogP contribution in [0.5, 0.6) is 0 Å². The molecule has 3 nitrogen and oxygen atoms in total. The number of nitrogens with zero attached hydrogens (tertiary/aromatic N) is 2. The first kappa shape index (κ1) is 15.3. The van der Waals surface area contributed by atoms with Gasteiger partial charge in [-0.2, -0.15) is 9.13 Å². The van der Waals surface area contributed by atoms with Gasteiger partial charge in [0.2, 0.25) is 16.1 Å². The highest BCUT2D eigenvalue weighted by atomic mass is 32.1. The summed E-state index contributed by atoms with van der Waals surface area (Å²) in [4.78, 5) is 0. The Hall–Kier alpha value is -2.20. The molecule has 0 N–H and O–H groups in total. The van der Waals surface area contributed by atoms with Gasteiger partial charge in [-0.25, -0.2) is 0 Å². The van der Waals surface area contributed by atoms with Gasteiger partial charge in [0.15, 0.2) is 6.54 Å². The van der Waals surface area contributed by atoms with E-state index in [2.05, 4.69) is 53.3 Å². The lowest BCUT2D eigenvalue weighted by Crippen LogP contribution is -2.36. The number of hydrogen-bond donors (Lipinski definition) is 0. The second kappa shape index (κ2) is 6.02. The number of rotatable bonds is 4. The minimum absolute atomic E-state index is 0.934. The monoisotopic (exact) mass is 338 g/mol. The first-order chi connectivity index (χ1) is 11.7. The van der Waals surface area contributed by atoms with Crippen LogP contribution < -0.4 is 9.13 Å². The van der Waals surface area contributed by atoms with Crippen molar-refractivity contribution in [1.82, 2.24) is 0 Å². The van der Waals surface area contributed by atoms with Crippen LogP contribution in [0.15, 0.2) is 46.9 Å². The van der Waals surface area contributed by atoms with E-state index in [1.54, 1.807) is 0 Å².